The van der Waals surface area contributed by atoms with E-state index < -0.39 is 5.41 Å². The second-order valence-corrected chi connectivity index (χ2v) is 5.25. The summed E-state index contributed by atoms with van der Waals surface area (Å²) < 4.78 is 5.94. The average Bonchev–Trinajstić information content (AvgIpc) is 3.00. The Morgan fingerprint density at radius 1 is 1.47 bits per heavy atom. The SMILES string of the molecule is COc1ccc(C23CC2C(=O)NC3=O)cc1Br. The lowest BCUT2D eigenvalue weighted by atomic mass is 9.94. The number of halogens is 1. The number of rotatable bonds is 2. The molecule has 2 amide bonds. The number of hydrogen-bond donors (Lipinski definition) is 1. The summed E-state index contributed by atoms with van der Waals surface area (Å²) in [6, 6.07) is 5.51. The van der Waals surface area contributed by atoms with Crippen LogP contribution in [-0.2, 0) is 15.0 Å². The van der Waals surface area contributed by atoms with Gasteiger partial charge in [0, 0.05) is 0 Å². The molecule has 0 bridgehead atoms. The van der Waals surface area contributed by atoms with Crippen molar-refractivity contribution in [3.05, 3.63) is 28.2 Å². The van der Waals surface area contributed by atoms with Crippen molar-refractivity contribution in [3.63, 3.8) is 0 Å². The normalized spacial score (nSPS) is 29.9. The van der Waals surface area contributed by atoms with Gasteiger partial charge in [0.1, 0.15) is 5.75 Å². The minimum absolute atomic E-state index is 0.151. The predicted molar refractivity (Wildman–Crippen MR) is 63.6 cm³/mol. The molecular formula is C12H10BrNO3. The Hall–Kier alpha value is -1.36. The monoisotopic (exact) mass is 295 g/mol. The fourth-order valence-electron chi connectivity index (χ4n) is 2.54. The summed E-state index contributed by atoms with van der Waals surface area (Å²) >= 11 is 3.39. The van der Waals surface area contributed by atoms with Gasteiger partial charge in [-0.2, -0.15) is 0 Å². The fraction of sp³-hybridized carbons (Fsp3) is 0.333. The van der Waals surface area contributed by atoms with Gasteiger partial charge >= 0.3 is 0 Å². The van der Waals surface area contributed by atoms with Crippen LogP contribution in [0.15, 0.2) is 22.7 Å². The third-order valence-corrected chi connectivity index (χ3v) is 4.21. The zero-order valence-corrected chi connectivity index (χ0v) is 10.7. The zero-order chi connectivity index (χ0) is 12.2. The van der Waals surface area contributed by atoms with E-state index in [1.54, 1.807) is 13.2 Å². The third-order valence-electron chi connectivity index (χ3n) is 3.59. The molecular weight excluding hydrogens is 286 g/mol. The number of methoxy groups -OCH3 is 1. The van der Waals surface area contributed by atoms with Gasteiger partial charge in [-0.3, -0.25) is 14.9 Å². The molecule has 1 aliphatic carbocycles. The number of carbonyl (C=O) groups excluding carboxylic acids is 2. The molecule has 1 aromatic carbocycles. The van der Waals surface area contributed by atoms with E-state index in [4.69, 9.17) is 4.74 Å². The molecule has 1 saturated heterocycles. The Morgan fingerprint density at radius 3 is 2.71 bits per heavy atom. The van der Waals surface area contributed by atoms with E-state index >= 15 is 0 Å². The van der Waals surface area contributed by atoms with Crippen LogP contribution in [0.1, 0.15) is 12.0 Å². The fourth-order valence-corrected chi connectivity index (χ4v) is 3.08. The maximum absolute atomic E-state index is 11.8. The van der Waals surface area contributed by atoms with Crippen LogP contribution in [0.25, 0.3) is 0 Å². The van der Waals surface area contributed by atoms with Crippen molar-refractivity contribution in [2.24, 2.45) is 5.92 Å². The standard InChI is InChI=1S/C12H10BrNO3/c1-17-9-3-2-6(4-8(9)13)12-5-7(12)10(15)14-11(12)16/h2-4,7H,5H2,1H3,(H,14,15,16). The molecule has 0 radical (unpaired) electrons. The molecule has 2 atom stereocenters. The highest BCUT2D eigenvalue weighted by Crippen LogP contribution is 2.58. The first-order valence-corrected chi connectivity index (χ1v) is 6.08. The van der Waals surface area contributed by atoms with Crippen molar-refractivity contribution < 1.29 is 14.3 Å². The smallest absolute Gasteiger partial charge is 0.238 e. The van der Waals surface area contributed by atoms with E-state index in [1.165, 1.54) is 0 Å². The maximum atomic E-state index is 11.8. The average molecular weight is 296 g/mol. The molecule has 1 N–H and O–H groups in total. The van der Waals surface area contributed by atoms with E-state index in [2.05, 4.69) is 21.2 Å². The van der Waals surface area contributed by atoms with Crippen molar-refractivity contribution in [1.29, 1.82) is 0 Å². The van der Waals surface area contributed by atoms with Gasteiger partial charge in [-0.05, 0) is 40.0 Å². The molecule has 1 heterocycles. The summed E-state index contributed by atoms with van der Waals surface area (Å²) in [5, 5.41) is 2.38. The summed E-state index contributed by atoms with van der Waals surface area (Å²) in [7, 11) is 1.59. The molecule has 1 aliphatic heterocycles. The van der Waals surface area contributed by atoms with E-state index in [0.717, 1.165) is 10.0 Å². The molecule has 5 heteroatoms. The molecule has 3 rings (SSSR count). The summed E-state index contributed by atoms with van der Waals surface area (Å²) in [4.78, 5) is 23.3. The first-order valence-electron chi connectivity index (χ1n) is 5.29. The van der Waals surface area contributed by atoms with Crippen LogP contribution in [-0.4, -0.2) is 18.9 Å². The third kappa shape index (κ3) is 1.29. The number of benzene rings is 1. The second kappa shape index (κ2) is 3.32. The minimum Gasteiger partial charge on any atom is -0.496 e. The molecule has 0 spiro atoms. The first-order chi connectivity index (χ1) is 8.09. The van der Waals surface area contributed by atoms with Gasteiger partial charge in [0.2, 0.25) is 11.8 Å². The Balaban J connectivity index is 2.04. The van der Waals surface area contributed by atoms with Crippen LogP contribution >= 0.6 is 15.9 Å². The highest BCUT2D eigenvalue weighted by molar-refractivity contribution is 9.10. The lowest BCUT2D eigenvalue weighted by Gasteiger charge is -2.12. The number of ether oxygens (including phenoxy) is 1. The van der Waals surface area contributed by atoms with Crippen LogP contribution in [0.3, 0.4) is 0 Å². The van der Waals surface area contributed by atoms with Crippen LogP contribution in [0.2, 0.25) is 0 Å². The Morgan fingerprint density at radius 2 is 2.24 bits per heavy atom. The van der Waals surface area contributed by atoms with Gasteiger partial charge in [-0.15, -0.1) is 0 Å². The Bertz CT molecular complexity index is 543. The summed E-state index contributed by atoms with van der Waals surface area (Å²) in [6.07, 6.45) is 0.621. The molecule has 88 valence electrons. The summed E-state index contributed by atoms with van der Waals surface area (Å²) in [6.45, 7) is 0. The van der Waals surface area contributed by atoms with Gasteiger partial charge in [-0.25, -0.2) is 0 Å². The lowest BCUT2D eigenvalue weighted by Crippen LogP contribution is -2.30. The number of nitrogens with one attached hydrogen (secondary N) is 1. The van der Waals surface area contributed by atoms with Gasteiger partial charge in [0.05, 0.1) is 22.9 Å². The molecule has 0 aromatic heterocycles. The van der Waals surface area contributed by atoms with E-state index in [0.29, 0.717) is 12.2 Å². The van der Waals surface area contributed by atoms with Crippen molar-refractivity contribution >= 4 is 27.7 Å². The summed E-state index contributed by atoms with van der Waals surface area (Å²) in [5.41, 5.74) is 0.254. The topological polar surface area (TPSA) is 55.4 Å². The molecule has 17 heavy (non-hydrogen) atoms. The van der Waals surface area contributed by atoms with Gasteiger partial charge < -0.3 is 4.74 Å². The molecule has 4 nitrogen and oxygen atoms in total. The van der Waals surface area contributed by atoms with Crippen molar-refractivity contribution in [3.8, 4) is 5.75 Å². The molecule has 1 saturated carbocycles. The highest BCUT2D eigenvalue weighted by Gasteiger charge is 2.69. The van der Waals surface area contributed by atoms with Crippen LogP contribution in [0.5, 0.6) is 5.75 Å². The van der Waals surface area contributed by atoms with E-state index in [-0.39, 0.29) is 17.7 Å². The van der Waals surface area contributed by atoms with Crippen molar-refractivity contribution in [2.75, 3.05) is 7.11 Å². The number of amides is 2. The highest BCUT2D eigenvalue weighted by atomic mass is 79.9. The van der Waals surface area contributed by atoms with E-state index in [1.807, 2.05) is 12.1 Å². The number of imide groups is 1. The van der Waals surface area contributed by atoms with Crippen LogP contribution in [0, 0.1) is 5.92 Å². The zero-order valence-electron chi connectivity index (χ0n) is 9.12. The van der Waals surface area contributed by atoms with Crippen molar-refractivity contribution in [2.45, 2.75) is 11.8 Å². The molecule has 2 aliphatic rings. The largest absolute Gasteiger partial charge is 0.496 e. The number of piperidine rings is 1. The Labute approximate surface area is 106 Å². The quantitative estimate of drug-likeness (QED) is 0.839. The predicted octanol–water partition coefficient (Wildman–Crippen LogP) is 1.37. The Kier molecular flexibility index (Phi) is 2.10. The first kappa shape index (κ1) is 10.8. The number of fused-ring (bicyclic) bond motifs is 1. The minimum atomic E-state index is -0.619. The van der Waals surface area contributed by atoms with Crippen LogP contribution in [0.4, 0.5) is 0 Å². The lowest BCUT2D eigenvalue weighted by molar-refractivity contribution is -0.127. The van der Waals surface area contributed by atoms with Gasteiger partial charge in [0.15, 0.2) is 0 Å². The molecule has 2 fully saturated rings. The van der Waals surface area contributed by atoms with Crippen molar-refractivity contribution in [1.82, 2.24) is 5.32 Å². The van der Waals surface area contributed by atoms with E-state index in [9.17, 15) is 9.59 Å². The summed E-state index contributed by atoms with van der Waals surface area (Å²) in [5.74, 6) is 0.203. The van der Waals surface area contributed by atoms with Crippen LogP contribution < -0.4 is 10.1 Å². The number of hydrogen-bond acceptors (Lipinski definition) is 3. The number of carbonyl (C=O) groups is 2. The maximum Gasteiger partial charge on any atom is 0.238 e. The second-order valence-electron chi connectivity index (χ2n) is 4.40. The van der Waals surface area contributed by atoms with Gasteiger partial charge in [-0.1, -0.05) is 6.07 Å². The molecule has 1 aromatic rings. The molecule has 2 unspecified atom stereocenters. The van der Waals surface area contributed by atoms with Gasteiger partial charge in [0.25, 0.3) is 0 Å².